The molecule has 1 aromatic rings. The molecule has 2 heterocycles. The number of nitrogens with two attached hydrogens (primary N) is 2. The van der Waals surface area contributed by atoms with Crippen LogP contribution in [0, 0.1) is 0 Å². The summed E-state index contributed by atoms with van der Waals surface area (Å²) in [5.41, 5.74) is 11.7. The molecule has 0 saturated heterocycles. The molecule has 0 bridgehead atoms. The highest BCUT2D eigenvalue weighted by Crippen LogP contribution is 2.17. The zero-order chi connectivity index (χ0) is 10.9. The Hall–Kier alpha value is -1.67. The molecule has 0 spiro atoms. The SMILES string of the molecule is CNCCC1(N)N=C(N)n2ncnc2N1. The summed E-state index contributed by atoms with van der Waals surface area (Å²) >= 11 is 0. The van der Waals surface area contributed by atoms with Crippen molar-refractivity contribution in [3.63, 3.8) is 0 Å². The summed E-state index contributed by atoms with van der Waals surface area (Å²) in [6, 6.07) is 0. The van der Waals surface area contributed by atoms with Gasteiger partial charge in [0, 0.05) is 13.0 Å². The first-order chi connectivity index (χ1) is 7.14. The van der Waals surface area contributed by atoms with Crippen molar-refractivity contribution < 1.29 is 0 Å². The lowest BCUT2D eigenvalue weighted by molar-refractivity contribution is 0.444. The van der Waals surface area contributed by atoms with Crippen LogP contribution in [-0.2, 0) is 0 Å². The van der Waals surface area contributed by atoms with E-state index >= 15 is 0 Å². The van der Waals surface area contributed by atoms with Gasteiger partial charge in [-0.05, 0) is 7.05 Å². The van der Waals surface area contributed by atoms with E-state index in [2.05, 4.69) is 25.7 Å². The number of nitrogens with one attached hydrogen (secondary N) is 2. The first-order valence-electron chi connectivity index (χ1n) is 4.62. The molecular formula is C7H14N8. The van der Waals surface area contributed by atoms with E-state index in [0.717, 1.165) is 6.54 Å². The van der Waals surface area contributed by atoms with Crippen molar-refractivity contribution in [1.82, 2.24) is 20.1 Å². The van der Waals surface area contributed by atoms with E-state index in [-0.39, 0.29) is 5.96 Å². The molecule has 1 aliphatic rings. The molecule has 0 aliphatic carbocycles. The van der Waals surface area contributed by atoms with Crippen LogP contribution >= 0.6 is 0 Å². The first kappa shape index (κ1) is 9.87. The highest BCUT2D eigenvalue weighted by Gasteiger charge is 2.30. The van der Waals surface area contributed by atoms with Crippen LogP contribution in [0.2, 0.25) is 0 Å². The Morgan fingerprint density at radius 2 is 2.47 bits per heavy atom. The summed E-state index contributed by atoms with van der Waals surface area (Å²) in [7, 11) is 1.85. The van der Waals surface area contributed by atoms with E-state index in [9.17, 15) is 0 Å². The molecule has 8 heteroatoms. The first-order valence-corrected chi connectivity index (χ1v) is 4.62. The van der Waals surface area contributed by atoms with Crippen molar-refractivity contribution in [2.24, 2.45) is 16.5 Å². The second-order valence-electron chi connectivity index (χ2n) is 3.37. The quantitative estimate of drug-likeness (QED) is 0.462. The minimum absolute atomic E-state index is 0.250. The Kier molecular flexibility index (Phi) is 2.29. The van der Waals surface area contributed by atoms with Gasteiger partial charge in [0.25, 0.3) is 0 Å². The van der Waals surface area contributed by atoms with Crippen LogP contribution in [0.3, 0.4) is 0 Å². The number of aromatic nitrogens is 3. The fraction of sp³-hybridized carbons (Fsp3) is 0.571. The molecule has 0 aromatic carbocycles. The van der Waals surface area contributed by atoms with E-state index in [1.165, 1.54) is 11.0 Å². The summed E-state index contributed by atoms with van der Waals surface area (Å²) in [6.07, 6.45) is 2.01. The third-order valence-electron chi connectivity index (χ3n) is 2.16. The van der Waals surface area contributed by atoms with Crippen molar-refractivity contribution in [2.75, 3.05) is 18.9 Å². The molecule has 8 nitrogen and oxygen atoms in total. The number of nitrogens with zero attached hydrogens (tertiary/aromatic N) is 4. The van der Waals surface area contributed by atoms with Crippen molar-refractivity contribution in [1.29, 1.82) is 0 Å². The monoisotopic (exact) mass is 210 g/mol. The summed E-state index contributed by atoms with van der Waals surface area (Å²) in [6.45, 7) is 0.731. The maximum absolute atomic E-state index is 6.01. The minimum Gasteiger partial charge on any atom is -0.368 e. The Morgan fingerprint density at radius 3 is 3.20 bits per heavy atom. The lowest BCUT2D eigenvalue weighted by atomic mass is 10.2. The fourth-order valence-electron chi connectivity index (χ4n) is 1.40. The molecule has 0 amide bonds. The lowest BCUT2D eigenvalue weighted by Gasteiger charge is -2.30. The summed E-state index contributed by atoms with van der Waals surface area (Å²) in [5, 5.41) is 9.88. The lowest BCUT2D eigenvalue weighted by Crippen LogP contribution is -2.53. The third kappa shape index (κ3) is 1.76. The summed E-state index contributed by atoms with van der Waals surface area (Å²) in [4.78, 5) is 8.14. The second kappa shape index (κ2) is 3.48. The van der Waals surface area contributed by atoms with Crippen LogP contribution in [-0.4, -0.2) is 40.1 Å². The van der Waals surface area contributed by atoms with Gasteiger partial charge in [0.2, 0.25) is 11.9 Å². The van der Waals surface area contributed by atoms with Gasteiger partial charge in [-0.3, -0.25) is 5.73 Å². The van der Waals surface area contributed by atoms with Gasteiger partial charge in [-0.25, -0.2) is 4.99 Å². The van der Waals surface area contributed by atoms with Gasteiger partial charge >= 0.3 is 0 Å². The van der Waals surface area contributed by atoms with E-state index in [1.807, 2.05) is 7.05 Å². The Bertz CT molecular complexity index is 382. The molecule has 0 radical (unpaired) electrons. The van der Waals surface area contributed by atoms with Crippen molar-refractivity contribution >= 4 is 11.9 Å². The van der Waals surface area contributed by atoms with Gasteiger partial charge in [-0.15, -0.1) is 0 Å². The predicted octanol–water partition coefficient (Wildman–Crippen LogP) is -1.91. The Morgan fingerprint density at radius 1 is 1.67 bits per heavy atom. The zero-order valence-electron chi connectivity index (χ0n) is 8.44. The van der Waals surface area contributed by atoms with Crippen molar-refractivity contribution in [3.05, 3.63) is 6.33 Å². The van der Waals surface area contributed by atoms with Crippen LogP contribution in [0.5, 0.6) is 0 Å². The number of fused-ring (bicyclic) bond motifs is 1. The number of hydrogen-bond acceptors (Lipinski definition) is 7. The maximum atomic E-state index is 6.01. The molecule has 0 saturated carbocycles. The molecule has 2 rings (SSSR count). The van der Waals surface area contributed by atoms with Crippen LogP contribution in [0.4, 0.5) is 5.95 Å². The van der Waals surface area contributed by atoms with Gasteiger partial charge < -0.3 is 16.4 Å². The number of anilines is 1. The van der Waals surface area contributed by atoms with Gasteiger partial charge in [-0.2, -0.15) is 14.8 Å². The Labute approximate surface area is 86.8 Å². The average molecular weight is 210 g/mol. The van der Waals surface area contributed by atoms with E-state index in [0.29, 0.717) is 12.4 Å². The summed E-state index contributed by atoms with van der Waals surface area (Å²) in [5.74, 6) is -0.142. The normalized spacial score (nSPS) is 24.3. The molecular weight excluding hydrogens is 196 g/mol. The second-order valence-corrected chi connectivity index (χ2v) is 3.37. The van der Waals surface area contributed by atoms with Gasteiger partial charge in [-0.1, -0.05) is 0 Å². The predicted molar refractivity (Wildman–Crippen MR) is 56.1 cm³/mol. The van der Waals surface area contributed by atoms with Gasteiger partial charge in [0.15, 0.2) is 5.79 Å². The number of rotatable bonds is 3. The van der Waals surface area contributed by atoms with E-state index in [4.69, 9.17) is 11.5 Å². The van der Waals surface area contributed by atoms with Crippen molar-refractivity contribution in [3.8, 4) is 0 Å². The highest BCUT2D eigenvalue weighted by molar-refractivity contribution is 5.84. The third-order valence-corrected chi connectivity index (χ3v) is 2.16. The summed E-state index contributed by atoms with van der Waals surface area (Å²) < 4.78 is 1.41. The van der Waals surface area contributed by atoms with Gasteiger partial charge in [0.1, 0.15) is 6.33 Å². The highest BCUT2D eigenvalue weighted by atomic mass is 15.5. The van der Waals surface area contributed by atoms with Crippen LogP contribution in [0.1, 0.15) is 6.42 Å². The molecule has 82 valence electrons. The number of hydrogen-bond donors (Lipinski definition) is 4. The molecule has 1 aliphatic heterocycles. The Balaban J connectivity index is 2.23. The standard InChI is InChI=1S/C7H14N8/c1-10-3-2-7(9)13-5(8)15-6(14-7)11-4-12-15/h4,10H,2-3,9H2,1H3,(H2,8,13)(H,11,12,14). The van der Waals surface area contributed by atoms with Crippen LogP contribution in [0.25, 0.3) is 0 Å². The smallest absolute Gasteiger partial charge is 0.231 e. The van der Waals surface area contributed by atoms with E-state index in [1.54, 1.807) is 0 Å². The molecule has 1 atom stereocenters. The van der Waals surface area contributed by atoms with Crippen LogP contribution < -0.4 is 22.1 Å². The van der Waals surface area contributed by atoms with Crippen LogP contribution in [0.15, 0.2) is 11.3 Å². The van der Waals surface area contributed by atoms with Crippen molar-refractivity contribution in [2.45, 2.75) is 12.2 Å². The molecule has 6 N–H and O–H groups in total. The molecule has 15 heavy (non-hydrogen) atoms. The topological polar surface area (TPSA) is 119 Å². The zero-order valence-corrected chi connectivity index (χ0v) is 8.44. The molecule has 1 aromatic heterocycles. The van der Waals surface area contributed by atoms with Gasteiger partial charge in [0.05, 0.1) is 0 Å². The molecule has 1 unspecified atom stereocenters. The molecule has 0 fully saturated rings. The maximum Gasteiger partial charge on any atom is 0.231 e. The minimum atomic E-state index is -0.907. The average Bonchev–Trinajstić information content (AvgIpc) is 2.62. The van der Waals surface area contributed by atoms with E-state index < -0.39 is 5.79 Å². The fourth-order valence-corrected chi connectivity index (χ4v) is 1.40. The largest absolute Gasteiger partial charge is 0.368 e. The number of aliphatic imine (C=N–C) groups is 1.